The number of rotatable bonds is 3. The lowest BCUT2D eigenvalue weighted by atomic mass is 9.96. The number of halogens is 1. The van der Waals surface area contributed by atoms with Gasteiger partial charge in [-0.1, -0.05) is 29.8 Å². The van der Waals surface area contributed by atoms with Crippen LogP contribution >= 0.6 is 11.6 Å². The molecule has 7 heteroatoms. The highest BCUT2D eigenvalue weighted by molar-refractivity contribution is 6.30. The topological polar surface area (TPSA) is 61.9 Å². The van der Waals surface area contributed by atoms with Crippen LogP contribution in [0.4, 0.5) is 10.5 Å². The van der Waals surface area contributed by atoms with Crippen molar-refractivity contribution in [2.45, 2.75) is 6.04 Å². The number of anilines is 1. The molecule has 2 aromatic rings. The van der Waals surface area contributed by atoms with Crippen molar-refractivity contribution in [3.8, 4) is 5.75 Å². The molecule has 4 rings (SSSR count). The van der Waals surface area contributed by atoms with Crippen LogP contribution in [0.2, 0.25) is 5.02 Å². The van der Waals surface area contributed by atoms with Gasteiger partial charge >= 0.3 is 6.03 Å². The normalized spacial score (nSPS) is 19.3. The van der Waals surface area contributed by atoms with Gasteiger partial charge in [0.1, 0.15) is 5.75 Å². The first-order valence-corrected chi connectivity index (χ1v) is 8.86. The average Bonchev–Trinajstić information content (AvgIpc) is 3.03. The number of urea groups is 1. The van der Waals surface area contributed by atoms with E-state index in [1.807, 2.05) is 36.4 Å². The van der Waals surface area contributed by atoms with E-state index in [-0.39, 0.29) is 11.9 Å². The second kappa shape index (κ2) is 6.63. The number of likely N-dealkylation sites (N-methyl/N-ethyl adjacent to an activating group) is 1. The van der Waals surface area contributed by atoms with Crippen LogP contribution < -0.4 is 15.0 Å². The summed E-state index contributed by atoms with van der Waals surface area (Å²) in [6.07, 6.45) is 0. The summed E-state index contributed by atoms with van der Waals surface area (Å²) >= 11 is 5.98. The van der Waals surface area contributed by atoms with Gasteiger partial charge in [0.15, 0.2) is 0 Å². The molecule has 2 aliphatic rings. The first-order valence-electron chi connectivity index (χ1n) is 8.48. The molecular weight excluding hydrogens is 366 g/mol. The van der Waals surface area contributed by atoms with E-state index in [1.54, 1.807) is 31.2 Å². The summed E-state index contributed by atoms with van der Waals surface area (Å²) in [5.74, 6) is 0.534. The van der Waals surface area contributed by atoms with Gasteiger partial charge in [-0.25, -0.2) is 4.79 Å². The zero-order chi connectivity index (χ0) is 19.1. The minimum Gasteiger partial charge on any atom is -0.497 e. The molecule has 138 valence electrons. The SMILES string of the molecule is COc1cccc(N2CC3=C(C2=O)C(c2ccc(Cl)cc2)NC(=O)N3C)c1. The Balaban J connectivity index is 1.75. The zero-order valence-electron chi connectivity index (χ0n) is 14.9. The van der Waals surface area contributed by atoms with Crippen LogP contribution in [-0.2, 0) is 4.79 Å². The summed E-state index contributed by atoms with van der Waals surface area (Å²) in [6, 6.07) is 13.7. The molecule has 0 bridgehead atoms. The predicted molar refractivity (Wildman–Crippen MR) is 103 cm³/mol. The van der Waals surface area contributed by atoms with Gasteiger partial charge in [-0.05, 0) is 29.8 Å². The van der Waals surface area contributed by atoms with Gasteiger partial charge in [0, 0.05) is 23.8 Å². The van der Waals surface area contributed by atoms with Gasteiger partial charge in [0.25, 0.3) is 5.91 Å². The van der Waals surface area contributed by atoms with Gasteiger partial charge in [0.05, 0.1) is 31.0 Å². The molecule has 0 aliphatic carbocycles. The van der Waals surface area contributed by atoms with E-state index in [4.69, 9.17) is 16.3 Å². The molecule has 1 unspecified atom stereocenters. The zero-order valence-corrected chi connectivity index (χ0v) is 15.7. The molecule has 1 atom stereocenters. The standard InChI is InChI=1S/C20H18ClN3O3/c1-23-16-11-24(14-4-3-5-15(10-14)27-2)19(25)17(16)18(22-20(23)26)12-6-8-13(21)9-7-12/h3-10,18H,11H2,1-2H3,(H,22,26). The first-order chi connectivity index (χ1) is 13.0. The smallest absolute Gasteiger partial charge is 0.322 e. The molecule has 27 heavy (non-hydrogen) atoms. The molecule has 2 aromatic carbocycles. The monoisotopic (exact) mass is 383 g/mol. The fraction of sp³-hybridized carbons (Fsp3) is 0.200. The second-order valence-corrected chi connectivity index (χ2v) is 6.88. The summed E-state index contributed by atoms with van der Waals surface area (Å²) in [7, 11) is 3.26. The Morgan fingerprint density at radius 1 is 1.15 bits per heavy atom. The van der Waals surface area contributed by atoms with E-state index in [2.05, 4.69) is 5.32 Å². The number of nitrogens with zero attached hydrogens (tertiary/aromatic N) is 2. The predicted octanol–water partition coefficient (Wildman–Crippen LogP) is 3.35. The lowest BCUT2D eigenvalue weighted by Crippen LogP contribution is -2.45. The molecule has 0 spiro atoms. The molecule has 2 heterocycles. The van der Waals surface area contributed by atoms with Crippen LogP contribution in [0.5, 0.6) is 5.75 Å². The molecule has 0 radical (unpaired) electrons. The summed E-state index contributed by atoms with van der Waals surface area (Å²) in [5.41, 5.74) is 2.81. The Hall–Kier alpha value is -2.99. The summed E-state index contributed by atoms with van der Waals surface area (Å²) in [4.78, 5) is 28.9. The van der Waals surface area contributed by atoms with Crippen molar-refractivity contribution in [2.75, 3.05) is 25.6 Å². The number of methoxy groups -OCH3 is 1. The van der Waals surface area contributed by atoms with Crippen LogP contribution in [0.1, 0.15) is 11.6 Å². The number of amides is 3. The Morgan fingerprint density at radius 3 is 2.59 bits per heavy atom. The average molecular weight is 384 g/mol. The molecule has 3 amide bonds. The van der Waals surface area contributed by atoms with E-state index in [0.717, 1.165) is 11.3 Å². The lowest BCUT2D eigenvalue weighted by molar-refractivity contribution is -0.114. The summed E-state index contributed by atoms with van der Waals surface area (Å²) in [5, 5.41) is 3.51. The highest BCUT2D eigenvalue weighted by Crippen LogP contribution is 2.38. The summed E-state index contributed by atoms with van der Waals surface area (Å²) < 4.78 is 5.27. The van der Waals surface area contributed by atoms with E-state index in [1.165, 1.54) is 4.90 Å². The molecule has 1 N–H and O–H groups in total. The lowest BCUT2D eigenvalue weighted by Gasteiger charge is -2.31. The Bertz CT molecular complexity index is 955. The van der Waals surface area contributed by atoms with Crippen molar-refractivity contribution >= 4 is 29.2 Å². The molecule has 0 aromatic heterocycles. The van der Waals surface area contributed by atoms with Crippen molar-refractivity contribution in [1.29, 1.82) is 0 Å². The Morgan fingerprint density at radius 2 is 1.89 bits per heavy atom. The Labute approximate surface area is 162 Å². The largest absolute Gasteiger partial charge is 0.497 e. The van der Waals surface area contributed by atoms with Crippen molar-refractivity contribution in [3.63, 3.8) is 0 Å². The van der Waals surface area contributed by atoms with Gasteiger partial charge in [-0.3, -0.25) is 9.69 Å². The molecule has 0 saturated heterocycles. The maximum atomic E-state index is 13.3. The molecule has 0 saturated carbocycles. The van der Waals surface area contributed by atoms with E-state index in [9.17, 15) is 9.59 Å². The maximum Gasteiger partial charge on any atom is 0.322 e. The van der Waals surface area contributed by atoms with Crippen molar-refractivity contribution in [3.05, 3.63) is 70.4 Å². The first kappa shape index (κ1) is 17.4. The molecule has 6 nitrogen and oxygen atoms in total. The van der Waals surface area contributed by atoms with Gasteiger partial charge < -0.3 is 15.0 Å². The third-order valence-corrected chi connectivity index (χ3v) is 5.18. The third kappa shape index (κ3) is 2.92. The van der Waals surface area contributed by atoms with Gasteiger partial charge in [-0.2, -0.15) is 0 Å². The highest BCUT2D eigenvalue weighted by Gasteiger charge is 2.43. The van der Waals surface area contributed by atoms with Crippen LogP contribution in [0.3, 0.4) is 0 Å². The maximum absolute atomic E-state index is 13.3. The fourth-order valence-electron chi connectivity index (χ4n) is 3.46. The fourth-order valence-corrected chi connectivity index (χ4v) is 3.59. The minimum atomic E-state index is -0.510. The van der Waals surface area contributed by atoms with Crippen LogP contribution in [0.25, 0.3) is 0 Å². The quantitative estimate of drug-likeness (QED) is 0.884. The van der Waals surface area contributed by atoms with Crippen molar-refractivity contribution < 1.29 is 14.3 Å². The van der Waals surface area contributed by atoms with E-state index in [0.29, 0.717) is 28.6 Å². The van der Waals surface area contributed by atoms with E-state index < -0.39 is 6.04 Å². The number of carbonyl (C=O) groups is 2. The van der Waals surface area contributed by atoms with Crippen LogP contribution in [0.15, 0.2) is 59.8 Å². The number of nitrogens with one attached hydrogen (secondary N) is 1. The van der Waals surface area contributed by atoms with Crippen molar-refractivity contribution in [2.24, 2.45) is 0 Å². The highest BCUT2D eigenvalue weighted by atomic mass is 35.5. The number of ether oxygens (including phenoxy) is 1. The third-order valence-electron chi connectivity index (χ3n) is 4.93. The van der Waals surface area contributed by atoms with Gasteiger partial charge in [0.2, 0.25) is 0 Å². The second-order valence-electron chi connectivity index (χ2n) is 6.45. The summed E-state index contributed by atoms with van der Waals surface area (Å²) in [6.45, 7) is 0.329. The number of carbonyl (C=O) groups excluding carboxylic acids is 2. The number of hydrogen-bond acceptors (Lipinski definition) is 3. The Kier molecular flexibility index (Phi) is 4.28. The van der Waals surface area contributed by atoms with E-state index >= 15 is 0 Å². The van der Waals surface area contributed by atoms with Crippen molar-refractivity contribution in [1.82, 2.24) is 10.2 Å². The molecule has 0 fully saturated rings. The number of benzene rings is 2. The van der Waals surface area contributed by atoms with Crippen LogP contribution in [-0.4, -0.2) is 37.5 Å². The number of hydrogen-bond donors (Lipinski definition) is 1. The van der Waals surface area contributed by atoms with Gasteiger partial charge in [-0.15, -0.1) is 0 Å². The minimum absolute atomic E-state index is 0.134. The molecule has 2 aliphatic heterocycles. The molecular formula is C20H18ClN3O3. The van der Waals surface area contributed by atoms with Crippen LogP contribution in [0, 0.1) is 0 Å².